The molecule has 0 spiro atoms. The molecule has 5 rings (SSSR count). The Morgan fingerprint density at radius 2 is 1.65 bits per heavy atom. The molecule has 0 radical (unpaired) electrons. The molecule has 1 heterocycles. The van der Waals surface area contributed by atoms with E-state index in [-0.39, 0.29) is 0 Å². The zero-order valence-corrected chi connectivity index (χ0v) is 21.0. The standard InChI is InChI=1S/C30H44N4/c1-32-25-16-17-30-28(20-25)29(21-34(30)26-10-6-3-7-11-26)27(22-8-4-2-5-9-22)18-19-33-24-14-12-23(31)13-15-24/h16-17,20-24,26-27,33H,2-15,18-19,31H2. The Kier molecular flexibility index (Phi) is 7.92. The first-order chi connectivity index (χ1) is 16.7. The quantitative estimate of drug-likeness (QED) is 0.418. The topological polar surface area (TPSA) is 47.3 Å². The first-order valence-corrected chi connectivity index (χ1v) is 14.2. The fraction of sp³-hybridized carbons (Fsp3) is 0.700. The summed E-state index contributed by atoms with van der Waals surface area (Å²) in [4.78, 5) is 3.80. The number of fused-ring (bicyclic) bond motifs is 1. The van der Waals surface area contributed by atoms with Crippen LogP contribution in [0.5, 0.6) is 0 Å². The summed E-state index contributed by atoms with van der Waals surface area (Å²) >= 11 is 0. The van der Waals surface area contributed by atoms with Crippen LogP contribution in [0.15, 0.2) is 24.4 Å². The van der Waals surface area contributed by atoms with Gasteiger partial charge in [-0.3, -0.25) is 0 Å². The molecule has 4 heteroatoms. The summed E-state index contributed by atoms with van der Waals surface area (Å²) in [6.07, 6.45) is 22.1. The maximum Gasteiger partial charge on any atom is 0.187 e. The number of nitrogens with one attached hydrogen (secondary N) is 1. The molecule has 2 aromatic rings. The molecular weight excluding hydrogens is 416 g/mol. The number of aromatic nitrogens is 1. The molecule has 1 aromatic heterocycles. The van der Waals surface area contributed by atoms with E-state index in [1.807, 2.05) is 6.07 Å². The van der Waals surface area contributed by atoms with Crippen LogP contribution in [0.2, 0.25) is 0 Å². The smallest absolute Gasteiger partial charge is 0.187 e. The summed E-state index contributed by atoms with van der Waals surface area (Å²) in [5.41, 5.74) is 9.82. The molecular formula is C30H44N4. The molecule has 3 aliphatic rings. The minimum Gasteiger partial charge on any atom is -0.344 e. The second-order valence-electron chi connectivity index (χ2n) is 11.5. The zero-order chi connectivity index (χ0) is 23.3. The van der Waals surface area contributed by atoms with Crippen molar-refractivity contribution in [3.63, 3.8) is 0 Å². The van der Waals surface area contributed by atoms with Crippen LogP contribution in [0, 0.1) is 12.5 Å². The maximum absolute atomic E-state index is 7.63. The molecule has 1 aromatic carbocycles. The van der Waals surface area contributed by atoms with Crippen LogP contribution in [0.3, 0.4) is 0 Å². The highest BCUT2D eigenvalue weighted by atomic mass is 15.0. The summed E-state index contributed by atoms with van der Waals surface area (Å²) in [7, 11) is 0. The maximum atomic E-state index is 7.63. The summed E-state index contributed by atoms with van der Waals surface area (Å²) in [6, 6.07) is 8.15. The van der Waals surface area contributed by atoms with Gasteiger partial charge >= 0.3 is 0 Å². The lowest BCUT2D eigenvalue weighted by molar-refractivity contribution is 0.282. The van der Waals surface area contributed by atoms with E-state index in [9.17, 15) is 0 Å². The van der Waals surface area contributed by atoms with Gasteiger partial charge in [0.2, 0.25) is 0 Å². The Balaban J connectivity index is 1.43. The van der Waals surface area contributed by atoms with Gasteiger partial charge < -0.3 is 15.6 Å². The van der Waals surface area contributed by atoms with Crippen molar-refractivity contribution >= 4 is 16.6 Å². The lowest BCUT2D eigenvalue weighted by Gasteiger charge is -2.32. The van der Waals surface area contributed by atoms with Crippen LogP contribution in [0.1, 0.15) is 114 Å². The van der Waals surface area contributed by atoms with Crippen molar-refractivity contribution in [3.8, 4) is 0 Å². The van der Waals surface area contributed by atoms with Gasteiger partial charge in [0.15, 0.2) is 5.69 Å². The molecule has 1 atom stereocenters. The average Bonchev–Trinajstić information content (AvgIpc) is 3.27. The number of rotatable bonds is 7. The van der Waals surface area contributed by atoms with Crippen LogP contribution < -0.4 is 11.1 Å². The molecule has 3 N–H and O–H groups in total. The van der Waals surface area contributed by atoms with Gasteiger partial charge in [-0.25, -0.2) is 4.85 Å². The molecule has 3 aliphatic carbocycles. The van der Waals surface area contributed by atoms with Gasteiger partial charge in [0, 0.05) is 29.8 Å². The van der Waals surface area contributed by atoms with E-state index in [0.717, 1.165) is 31.0 Å². The molecule has 4 nitrogen and oxygen atoms in total. The molecule has 0 aliphatic heterocycles. The lowest BCUT2D eigenvalue weighted by atomic mass is 9.75. The largest absolute Gasteiger partial charge is 0.344 e. The van der Waals surface area contributed by atoms with Crippen molar-refractivity contribution in [1.29, 1.82) is 0 Å². The highest BCUT2D eigenvalue weighted by Crippen LogP contribution is 2.44. The summed E-state index contributed by atoms with van der Waals surface area (Å²) in [6.45, 7) is 8.73. The third-order valence-electron chi connectivity index (χ3n) is 9.22. The number of nitrogens with two attached hydrogens (primary N) is 1. The molecule has 0 amide bonds. The Bertz CT molecular complexity index is 966. The molecule has 0 bridgehead atoms. The third kappa shape index (κ3) is 5.37. The predicted molar refractivity (Wildman–Crippen MR) is 142 cm³/mol. The summed E-state index contributed by atoms with van der Waals surface area (Å²) < 4.78 is 2.61. The summed E-state index contributed by atoms with van der Waals surface area (Å²) in [5, 5.41) is 5.27. The first-order valence-electron chi connectivity index (χ1n) is 14.2. The molecule has 1 unspecified atom stereocenters. The third-order valence-corrected chi connectivity index (χ3v) is 9.22. The molecule has 34 heavy (non-hydrogen) atoms. The van der Waals surface area contributed by atoms with Gasteiger partial charge in [-0.05, 0) is 99.3 Å². The second kappa shape index (κ2) is 11.3. The Morgan fingerprint density at radius 3 is 2.35 bits per heavy atom. The van der Waals surface area contributed by atoms with Gasteiger partial charge in [-0.15, -0.1) is 0 Å². The molecule has 3 fully saturated rings. The van der Waals surface area contributed by atoms with Crippen molar-refractivity contribution in [2.24, 2.45) is 11.7 Å². The second-order valence-corrected chi connectivity index (χ2v) is 11.5. The number of hydrogen-bond donors (Lipinski definition) is 2. The van der Waals surface area contributed by atoms with Crippen molar-refractivity contribution in [2.45, 2.75) is 120 Å². The van der Waals surface area contributed by atoms with Gasteiger partial charge in [-0.2, -0.15) is 0 Å². The van der Waals surface area contributed by atoms with Crippen molar-refractivity contribution in [2.75, 3.05) is 6.54 Å². The highest BCUT2D eigenvalue weighted by Gasteiger charge is 2.29. The van der Waals surface area contributed by atoms with Crippen LogP contribution in [0.25, 0.3) is 15.7 Å². The Labute approximate surface area is 206 Å². The minimum atomic E-state index is 0.413. The number of hydrogen-bond acceptors (Lipinski definition) is 2. The van der Waals surface area contributed by atoms with E-state index in [2.05, 4.69) is 33.1 Å². The zero-order valence-electron chi connectivity index (χ0n) is 21.0. The van der Waals surface area contributed by atoms with E-state index in [0.29, 0.717) is 24.0 Å². The first kappa shape index (κ1) is 23.9. The van der Waals surface area contributed by atoms with E-state index in [1.165, 1.54) is 99.9 Å². The van der Waals surface area contributed by atoms with Gasteiger partial charge in [0.05, 0.1) is 6.57 Å². The molecule has 3 saturated carbocycles. The Hall–Kier alpha value is -1.83. The van der Waals surface area contributed by atoms with E-state index >= 15 is 0 Å². The fourth-order valence-corrected chi connectivity index (χ4v) is 7.24. The van der Waals surface area contributed by atoms with Crippen LogP contribution in [0.4, 0.5) is 5.69 Å². The SMILES string of the molecule is [C-]#[N+]c1ccc2c(c1)c(C(CCNC1CCC(N)CC1)C1CCCCC1)cn2C1CCCCC1. The van der Waals surface area contributed by atoms with E-state index < -0.39 is 0 Å². The van der Waals surface area contributed by atoms with Crippen LogP contribution in [-0.4, -0.2) is 23.2 Å². The number of benzene rings is 1. The summed E-state index contributed by atoms with van der Waals surface area (Å²) in [5.74, 6) is 1.37. The van der Waals surface area contributed by atoms with E-state index in [4.69, 9.17) is 12.3 Å². The molecule has 184 valence electrons. The average molecular weight is 461 g/mol. The normalized spacial score (nSPS) is 25.9. The fourth-order valence-electron chi connectivity index (χ4n) is 7.24. The minimum absolute atomic E-state index is 0.413. The molecule has 0 saturated heterocycles. The van der Waals surface area contributed by atoms with Gasteiger partial charge in [0.1, 0.15) is 0 Å². The van der Waals surface area contributed by atoms with Crippen molar-refractivity contribution < 1.29 is 0 Å². The lowest BCUT2D eigenvalue weighted by Crippen LogP contribution is -2.38. The van der Waals surface area contributed by atoms with Crippen LogP contribution in [-0.2, 0) is 0 Å². The van der Waals surface area contributed by atoms with E-state index in [1.54, 1.807) is 0 Å². The predicted octanol–water partition coefficient (Wildman–Crippen LogP) is 7.61. The Morgan fingerprint density at radius 1 is 0.941 bits per heavy atom. The van der Waals surface area contributed by atoms with Crippen molar-refractivity contribution in [3.05, 3.63) is 41.4 Å². The highest BCUT2D eigenvalue weighted by molar-refractivity contribution is 5.88. The van der Waals surface area contributed by atoms with Gasteiger partial charge in [0.25, 0.3) is 0 Å². The number of nitrogens with zero attached hydrogens (tertiary/aromatic N) is 2. The van der Waals surface area contributed by atoms with Gasteiger partial charge in [-0.1, -0.05) is 44.6 Å². The van der Waals surface area contributed by atoms with Crippen molar-refractivity contribution in [1.82, 2.24) is 9.88 Å². The van der Waals surface area contributed by atoms with Crippen LogP contribution >= 0.6 is 0 Å². The monoisotopic (exact) mass is 460 g/mol.